The maximum atomic E-state index is 10.3. The SMILES string of the molecule is CCCCCCc1ccc([Si]2(c3ccc(CCCCCC)cc3)c3c(sc4cc(/C=C/C5=C(C#N)C(=C(C#N)C#N)OC5(C)C)sc34)-c3sc4cc(-c5ccc(N(C)C)cc5)sc4c32)cc1. The maximum absolute atomic E-state index is 10.3. The zero-order valence-electron chi connectivity index (χ0n) is 38.6. The van der Waals surface area contributed by atoms with E-state index in [1.54, 1.807) is 5.19 Å². The van der Waals surface area contributed by atoms with Crippen molar-refractivity contribution in [1.82, 2.24) is 0 Å². The second-order valence-electron chi connectivity index (χ2n) is 18.2. The smallest absolute Gasteiger partial charge is 0.186 e. The van der Waals surface area contributed by atoms with Gasteiger partial charge in [-0.05, 0) is 107 Å². The van der Waals surface area contributed by atoms with Gasteiger partial charge in [-0.25, -0.2) is 0 Å². The number of rotatable bonds is 16. The Kier molecular flexibility index (Phi) is 13.1. The molecule has 3 aromatic carbocycles. The topological polar surface area (TPSA) is 83.8 Å². The first-order chi connectivity index (χ1) is 32.1. The minimum Gasteiger partial charge on any atom is -0.480 e. The van der Waals surface area contributed by atoms with Gasteiger partial charge in [-0.2, -0.15) is 15.8 Å². The highest BCUT2D eigenvalue weighted by molar-refractivity contribution is 7.44. The van der Waals surface area contributed by atoms with Crippen molar-refractivity contribution >= 4 is 105 Å². The van der Waals surface area contributed by atoms with Crippen molar-refractivity contribution in [3.8, 4) is 38.4 Å². The van der Waals surface area contributed by atoms with Crippen molar-refractivity contribution in [3.05, 3.63) is 129 Å². The molecule has 0 bridgehead atoms. The number of allylic oxidation sites excluding steroid dienone is 2. The lowest BCUT2D eigenvalue weighted by atomic mass is 9.94. The van der Waals surface area contributed by atoms with Crippen LogP contribution in [0.3, 0.4) is 0 Å². The second-order valence-corrected chi connectivity index (χ2v) is 26.1. The molecule has 0 unspecified atom stereocenters. The predicted octanol–water partition coefficient (Wildman–Crippen LogP) is 13.5. The van der Waals surface area contributed by atoms with Crippen LogP contribution in [-0.4, -0.2) is 27.8 Å². The van der Waals surface area contributed by atoms with Crippen molar-refractivity contribution in [2.45, 2.75) is 97.5 Å². The van der Waals surface area contributed by atoms with Crippen LogP contribution in [0.1, 0.15) is 95.1 Å². The molecule has 0 saturated carbocycles. The fourth-order valence-electron chi connectivity index (χ4n) is 9.82. The molecular formula is C56H54N4OS4Si. The standard InChI is InChI=1S/C56H54N4OS4Si/c1-7-9-11-13-15-36-17-26-42(27-18-36)66(43-28-19-37(20-29-43)16-14-12-10-8-2)54-50-47(31-41(62-50)25-30-45-44(35-59)49(39(33-57)34-58)61-56(45,3)4)64-52(54)53-55(66)51-48(65-53)32-46(63-51)38-21-23-40(24-22-38)60(5)6/h17-32H,7-16H2,1-6H3/b30-25+. The van der Waals surface area contributed by atoms with Gasteiger partial charge in [0.15, 0.2) is 19.4 Å². The second kappa shape index (κ2) is 19.0. The third-order valence-electron chi connectivity index (χ3n) is 13.3. The van der Waals surface area contributed by atoms with E-state index in [4.69, 9.17) is 4.74 Å². The van der Waals surface area contributed by atoms with Gasteiger partial charge in [0.1, 0.15) is 29.4 Å². The number of anilines is 1. The van der Waals surface area contributed by atoms with E-state index >= 15 is 0 Å². The third kappa shape index (κ3) is 8.10. The summed E-state index contributed by atoms with van der Waals surface area (Å²) in [6.07, 6.45) is 16.2. The number of ether oxygens (including phenoxy) is 1. The Morgan fingerprint density at radius 3 is 1.73 bits per heavy atom. The van der Waals surface area contributed by atoms with Gasteiger partial charge in [0.2, 0.25) is 0 Å². The summed E-state index contributed by atoms with van der Waals surface area (Å²) in [4.78, 5) is 7.40. The van der Waals surface area contributed by atoms with Crippen LogP contribution in [0.5, 0.6) is 0 Å². The lowest BCUT2D eigenvalue weighted by molar-refractivity contribution is 0.0954. The van der Waals surface area contributed by atoms with Gasteiger partial charge < -0.3 is 9.64 Å². The van der Waals surface area contributed by atoms with E-state index in [1.807, 2.05) is 77.4 Å². The van der Waals surface area contributed by atoms with E-state index in [1.165, 1.54) is 123 Å². The van der Waals surface area contributed by atoms with Crippen LogP contribution in [0.4, 0.5) is 5.69 Å². The Morgan fingerprint density at radius 2 is 1.21 bits per heavy atom. The minimum absolute atomic E-state index is 0.0617. The van der Waals surface area contributed by atoms with E-state index in [0.29, 0.717) is 5.57 Å². The summed E-state index contributed by atoms with van der Waals surface area (Å²) in [5.74, 6) is 0.0617. The van der Waals surface area contributed by atoms with Gasteiger partial charge in [0.25, 0.3) is 0 Å². The van der Waals surface area contributed by atoms with E-state index < -0.39 is 13.7 Å². The molecule has 0 radical (unpaired) electrons. The van der Waals surface area contributed by atoms with Gasteiger partial charge in [-0.15, -0.1) is 45.3 Å². The van der Waals surface area contributed by atoms with Crippen molar-refractivity contribution in [2.24, 2.45) is 0 Å². The highest BCUT2D eigenvalue weighted by Crippen LogP contribution is 2.50. The molecule has 2 aliphatic rings. The Morgan fingerprint density at radius 1 is 0.667 bits per heavy atom. The number of aryl methyl sites for hydroxylation is 2. The summed E-state index contributed by atoms with van der Waals surface area (Å²) < 4.78 is 11.5. The summed E-state index contributed by atoms with van der Waals surface area (Å²) in [7, 11) is 1.25. The van der Waals surface area contributed by atoms with Crippen LogP contribution in [0.15, 0.2) is 113 Å². The largest absolute Gasteiger partial charge is 0.480 e. The number of benzene rings is 3. The molecular weight excluding hydrogens is 901 g/mol. The fraction of sp³-hybridized carbons (Fsp3) is 0.304. The van der Waals surface area contributed by atoms with Crippen molar-refractivity contribution in [2.75, 3.05) is 19.0 Å². The van der Waals surface area contributed by atoms with E-state index in [9.17, 15) is 15.8 Å². The molecule has 332 valence electrons. The molecule has 10 heteroatoms. The number of nitriles is 3. The molecule has 0 atom stereocenters. The first-order valence-electron chi connectivity index (χ1n) is 23.2. The van der Waals surface area contributed by atoms with Crippen LogP contribution in [0.2, 0.25) is 0 Å². The van der Waals surface area contributed by atoms with Crippen molar-refractivity contribution < 1.29 is 4.74 Å². The summed E-state index contributed by atoms with van der Waals surface area (Å²) in [5.41, 5.74) is 5.10. The van der Waals surface area contributed by atoms with Gasteiger partial charge in [-0.1, -0.05) is 119 Å². The fourth-order valence-corrected chi connectivity index (χ4v) is 22.5. The van der Waals surface area contributed by atoms with E-state index in [-0.39, 0.29) is 16.9 Å². The lowest BCUT2D eigenvalue weighted by Crippen LogP contribution is -2.72. The van der Waals surface area contributed by atoms with Crippen LogP contribution >= 0.6 is 45.3 Å². The van der Waals surface area contributed by atoms with Crippen LogP contribution in [0.25, 0.3) is 45.1 Å². The molecule has 5 nitrogen and oxygen atoms in total. The summed E-state index contributed by atoms with van der Waals surface area (Å²) in [6.45, 7) is 8.31. The first-order valence-corrected chi connectivity index (χ1v) is 28.5. The van der Waals surface area contributed by atoms with Gasteiger partial charge in [0, 0.05) is 63.7 Å². The van der Waals surface area contributed by atoms with Crippen molar-refractivity contribution in [3.63, 3.8) is 0 Å². The molecule has 0 amide bonds. The highest BCUT2D eigenvalue weighted by Gasteiger charge is 2.54. The average Bonchev–Trinajstić information content (AvgIpc) is 4.16. The monoisotopic (exact) mass is 954 g/mol. The van der Waals surface area contributed by atoms with Crippen molar-refractivity contribution in [1.29, 1.82) is 15.8 Å². The Bertz CT molecular complexity index is 3100. The molecule has 0 N–H and O–H groups in total. The Labute approximate surface area is 406 Å². The Hall–Kier alpha value is -5.51. The summed E-state index contributed by atoms with van der Waals surface area (Å²) in [5, 5.41) is 35.5. The molecule has 2 aliphatic heterocycles. The van der Waals surface area contributed by atoms with Crippen LogP contribution in [0, 0.1) is 34.0 Å². The molecule has 0 spiro atoms. The van der Waals surface area contributed by atoms with Gasteiger partial charge in [0.05, 0.1) is 0 Å². The lowest BCUT2D eigenvalue weighted by Gasteiger charge is -2.31. The van der Waals surface area contributed by atoms with Gasteiger partial charge >= 0.3 is 0 Å². The molecule has 0 fully saturated rings. The number of thiophene rings is 4. The zero-order chi connectivity index (χ0) is 46.2. The normalized spacial score (nSPS) is 14.7. The predicted molar refractivity (Wildman–Crippen MR) is 286 cm³/mol. The zero-order valence-corrected chi connectivity index (χ0v) is 42.9. The number of nitrogens with zero attached hydrogens (tertiary/aromatic N) is 4. The molecule has 9 rings (SSSR count). The number of hydrogen-bond acceptors (Lipinski definition) is 9. The summed E-state index contributed by atoms with van der Waals surface area (Å²) in [6, 6.07) is 39.5. The number of fused-ring (bicyclic) bond motifs is 7. The molecule has 0 aliphatic carbocycles. The third-order valence-corrected chi connectivity index (χ3v) is 23.9. The number of unbranched alkanes of at least 4 members (excludes halogenated alkanes) is 6. The average molecular weight is 955 g/mol. The Balaban J connectivity index is 1.24. The quantitative estimate of drug-likeness (QED) is 0.0547. The van der Waals surface area contributed by atoms with E-state index in [0.717, 1.165) is 17.7 Å². The summed E-state index contributed by atoms with van der Waals surface area (Å²) >= 11 is 7.70. The van der Waals surface area contributed by atoms with E-state index in [2.05, 4.69) is 130 Å². The van der Waals surface area contributed by atoms with Crippen LogP contribution < -0.4 is 25.6 Å². The maximum Gasteiger partial charge on any atom is 0.186 e. The molecule has 7 aromatic rings. The van der Waals surface area contributed by atoms with Gasteiger partial charge in [-0.3, -0.25) is 0 Å². The molecule has 0 saturated heterocycles. The first kappa shape index (κ1) is 45.6. The molecule has 6 heterocycles. The molecule has 66 heavy (non-hydrogen) atoms. The number of hydrogen-bond donors (Lipinski definition) is 0. The highest BCUT2D eigenvalue weighted by atomic mass is 32.1. The van der Waals surface area contributed by atoms with Crippen LogP contribution in [-0.2, 0) is 17.6 Å². The molecule has 4 aromatic heterocycles. The minimum atomic E-state index is -2.93.